The number of carbonyl (C=O) groups is 2. The Kier molecular flexibility index (Phi) is 3.93. The van der Waals surface area contributed by atoms with Gasteiger partial charge in [-0.15, -0.1) is 0 Å². The van der Waals surface area contributed by atoms with Crippen LogP contribution in [0.5, 0.6) is 0 Å². The smallest absolute Gasteiger partial charge is 0.458 e. The lowest BCUT2D eigenvalue weighted by molar-refractivity contribution is -0.843. The molecule has 0 aromatic carbocycles. The highest BCUT2D eigenvalue weighted by Gasteiger charge is 2.40. The van der Waals surface area contributed by atoms with Crippen LogP contribution in [-0.4, -0.2) is 39.7 Å². The normalized spacial score (nSPS) is 21.0. The number of carbonyl (C=O) groups excluding carboxylic acids is 2. The second-order valence-electron chi connectivity index (χ2n) is 4.97. The zero-order valence-electron chi connectivity index (χ0n) is 11.6. The predicted octanol–water partition coefficient (Wildman–Crippen LogP) is 1.25. The Morgan fingerprint density at radius 1 is 1.40 bits per heavy atom. The highest BCUT2D eigenvalue weighted by Crippen LogP contribution is 2.27. The summed E-state index contributed by atoms with van der Waals surface area (Å²) in [6.45, 7) is 2.64. The van der Waals surface area contributed by atoms with Crippen LogP contribution in [-0.2, 0) is 0 Å². The zero-order valence-corrected chi connectivity index (χ0v) is 11.6. The Morgan fingerprint density at radius 3 is 2.80 bits per heavy atom. The van der Waals surface area contributed by atoms with E-state index in [1.54, 1.807) is 7.05 Å². The van der Waals surface area contributed by atoms with Crippen LogP contribution in [0.15, 0.2) is 16.7 Å². The summed E-state index contributed by atoms with van der Waals surface area (Å²) in [6, 6.07) is -0.355. The van der Waals surface area contributed by atoms with Gasteiger partial charge in [-0.05, 0) is 12.8 Å². The number of hydrogen-bond donors (Lipinski definition) is 0. The van der Waals surface area contributed by atoms with Gasteiger partial charge in [-0.2, -0.15) is 4.57 Å². The fourth-order valence-corrected chi connectivity index (χ4v) is 2.12. The first-order valence-corrected chi connectivity index (χ1v) is 6.62. The van der Waals surface area contributed by atoms with Gasteiger partial charge in [0, 0.05) is 5.22 Å². The minimum absolute atomic E-state index is 0.0702. The van der Waals surface area contributed by atoms with Crippen molar-refractivity contribution in [1.29, 1.82) is 0 Å². The Hall–Kier alpha value is -2.09. The third-order valence-corrected chi connectivity index (χ3v) is 3.34. The van der Waals surface area contributed by atoms with E-state index in [2.05, 4.69) is 22.2 Å². The highest BCUT2D eigenvalue weighted by molar-refractivity contribution is 5.91. The number of quaternary nitrogens is 1. The van der Waals surface area contributed by atoms with Gasteiger partial charge in [-0.25, -0.2) is 9.78 Å². The van der Waals surface area contributed by atoms with Gasteiger partial charge in [0.2, 0.25) is 5.82 Å². The molecule has 0 N–H and O–H groups in total. The number of fused-ring (bicyclic) bond motifs is 1. The van der Waals surface area contributed by atoms with E-state index < -0.39 is 5.97 Å². The summed E-state index contributed by atoms with van der Waals surface area (Å²) >= 11 is 0. The van der Waals surface area contributed by atoms with Crippen molar-refractivity contribution in [3.05, 3.63) is 12.0 Å². The second-order valence-corrected chi connectivity index (χ2v) is 4.97. The molecule has 1 aliphatic heterocycles. The first-order valence-electron chi connectivity index (χ1n) is 6.62. The molecule has 0 saturated carbocycles. The lowest BCUT2D eigenvalue weighted by Gasteiger charge is -2.25. The van der Waals surface area contributed by atoms with Gasteiger partial charge in [0.05, 0.1) is 5.97 Å². The van der Waals surface area contributed by atoms with Crippen LogP contribution in [0.2, 0.25) is 0 Å². The zero-order chi connectivity index (χ0) is 14.8. The number of unbranched alkanes of at least 4 members (excludes halogenated alkanes) is 3. The number of hydrogen-bond acceptors (Lipinski definition) is 6. The molecule has 0 saturated heterocycles. The molecule has 0 spiro atoms. The Labute approximate surface area is 116 Å². The van der Waals surface area contributed by atoms with Crippen molar-refractivity contribution >= 4 is 17.8 Å². The summed E-state index contributed by atoms with van der Waals surface area (Å²) in [5.74, 6) is -1.54. The maximum absolute atomic E-state index is 12.4. The van der Waals surface area contributed by atoms with Crippen molar-refractivity contribution < 1.29 is 19.3 Å². The molecular formula is C12H17N5O3. The van der Waals surface area contributed by atoms with Crippen molar-refractivity contribution in [1.82, 2.24) is 9.55 Å². The van der Waals surface area contributed by atoms with Gasteiger partial charge in [0.1, 0.15) is 25.6 Å². The lowest BCUT2D eigenvalue weighted by atomic mass is 10.2. The minimum Gasteiger partial charge on any atom is -0.543 e. The Balaban J connectivity index is 2.18. The number of imidazole rings is 1. The van der Waals surface area contributed by atoms with Crippen LogP contribution in [0.4, 0.5) is 10.6 Å². The van der Waals surface area contributed by atoms with Gasteiger partial charge in [0.15, 0.2) is 0 Å². The van der Waals surface area contributed by atoms with E-state index in [0.29, 0.717) is 6.54 Å². The first kappa shape index (κ1) is 14.3. The van der Waals surface area contributed by atoms with E-state index in [1.165, 1.54) is 0 Å². The largest absolute Gasteiger partial charge is 0.543 e. The van der Waals surface area contributed by atoms with Crippen LogP contribution < -0.4 is 5.11 Å². The van der Waals surface area contributed by atoms with E-state index in [9.17, 15) is 14.7 Å². The summed E-state index contributed by atoms with van der Waals surface area (Å²) in [5, 5.41) is 18.6. The van der Waals surface area contributed by atoms with Gasteiger partial charge in [-0.1, -0.05) is 29.5 Å². The SMILES string of the molecule is CCCCCC[N+]1(C)N=Nc2c(C(=O)[O-])ncn2C1=O. The second kappa shape index (κ2) is 5.49. The molecule has 1 aliphatic rings. The van der Waals surface area contributed by atoms with Crippen LogP contribution in [0, 0.1) is 0 Å². The third kappa shape index (κ3) is 2.46. The monoisotopic (exact) mass is 279 g/mol. The standard InChI is InChI=1S/C12H17N5O3/c1-3-4-5-6-7-17(2)12(20)16-8-13-9(11(18)19)10(16)14-15-17/h8H,3-7H2,1-2H3. The molecule has 1 amide bonds. The molecule has 20 heavy (non-hydrogen) atoms. The average Bonchev–Trinajstić information content (AvgIpc) is 2.84. The molecular weight excluding hydrogens is 262 g/mol. The molecule has 0 radical (unpaired) electrons. The molecule has 1 aromatic rings. The summed E-state index contributed by atoms with van der Waals surface area (Å²) in [5.41, 5.74) is -0.362. The van der Waals surface area contributed by atoms with Crippen molar-refractivity contribution in [3.63, 3.8) is 0 Å². The molecule has 1 unspecified atom stereocenters. The van der Waals surface area contributed by atoms with Crippen molar-refractivity contribution in [3.8, 4) is 0 Å². The maximum Gasteiger partial charge on any atom is 0.458 e. The molecule has 0 aliphatic carbocycles. The summed E-state index contributed by atoms with van der Waals surface area (Å²) in [7, 11) is 1.65. The Bertz CT molecular complexity index is 565. The van der Waals surface area contributed by atoms with E-state index in [0.717, 1.165) is 36.6 Å². The quantitative estimate of drug-likeness (QED) is 0.577. The van der Waals surface area contributed by atoms with Gasteiger partial charge in [-0.3, -0.25) is 0 Å². The minimum atomic E-state index is -1.47. The van der Waals surface area contributed by atoms with Crippen LogP contribution >= 0.6 is 0 Å². The third-order valence-electron chi connectivity index (χ3n) is 3.34. The first-order chi connectivity index (χ1) is 9.49. The number of aromatic carboxylic acids is 1. The van der Waals surface area contributed by atoms with Gasteiger partial charge in [0.25, 0.3) is 0 Å². The maximum atomic E-state index is 12.4. The molecule has 0 fully saturated rings. The van der Waals surface area contributed by atoms with E-state index in [1.807, 2.05) is 0 Å². The topological polar surface area (TPSA) is 99.7 Å². The lowest BCUT2D eigenvalue weighted by Crippen LogP contribution is -2.48. The average molecular weight is 279 g/mol. The number of carboxylic acids is 1. The van der Waals surface area contributed by atoms with E-state index in [4.69, 9.17) is 0 Å². The van der Waals surface area contributed by atoms with Crippen LogP contribution in [0.3, 0.4) is 0 Å². The molecule has 1 atom stereocenters. The molecule has 1 aromatic heterocycles. The van der Waals surface area contributed by atoms with Crippen molar-refractivity contribution in [2.45, 2.75) is 32.6 Å². The predicted molar refractivity (Wildman–Crippen MR) is 67.1 cm³/mol. The summed E-state index contributed by atoms with van der Waals surface area (Å²) in [4.78, 5) is 26.8. The number of carboxylic acid groups (broad SMARTS) is 1. The van der Waals surface area contributed by atoms with Crippen LogP contribution in [0.25, 0.3) is 0 Å². The van der Waals surface area contributed by atoms with E-state index >= 15 is 0 Å². The van der Waals surface area contributed by atoms with Gasteiger partial charge >= 0.3 is 6.03 Å². The number of rotatable bonds is 6. The van der Waals surface area contributed by atoms with Crippen molar-refractivity contribution in [2.24, 2.45) is 10.3 Å². The van der Waals surface area contributed by atoms with Crippen LogP contribution in [0.1, 0.15) is 43.1 Å². The van der Waals surface area contributed by atoms with Gasteiger partial charge < -0.3 is 9.90 Å². The number of aromatic nitrogens is 2. The summed E-state index contributed by atoms with van der Waals surface area (Å²) in [6.07, 6.45) is 5.25. The van der Waals surface area contributed by atoms with Crippen molar-refractivity contribution in [2.75, 3.05) is 13.6 Å². The van der Waals surface area contributed by atoms with E-state index in [-0.39, 0.29) is 22.1 Å². The molecule has 0 bridgehead atoms. The summed E-state index contributed by atoms with van der Waals surface area (Å²) < 4.78 is 0.900. The fraction of sp³-hybridized carbons (Fsp3) is 0.583. The molecule has 8 nitrogen and oxygen atoms in total. The Morgan fingerprint density at radius 2 is 2.15 bits per heavy atom. The molecule has 108 valence electrons. The molecule has 2 rings (SSSR count). The number of amides is 1. The fourth-order valence-electron chi connectivity index (χ4n) is 2.12. The highest BCUT2D eigenvalue weighted by atomic mass is 16.4. The number of nitrogens with zero attached hydrogens (tertiary/aromatic N) is 5. The molecule has 2 heterocycles. The molecule has 8 heteroatoms.